The third kappa shape index (κ3) is 4.69. The first kappa shape index (κ1) is 19.3. The second kappa shape index (κ2) is 8.53. The van der Waals surface area contributed by atoms with Gasteiger partial charge in [0.25, 0.3) is 5.91 Å². The molecule has 0 aromatic heterocycles. The lowest BCUT2D eigenvalue weighted by Gasteiger charge is -2.33. The van der Waals surface area contributed by atoms with Gasteiger partial charge in [-0.15, -0.1) is 0 Å². The molecule has 5 nitrogen and oxygen atoms in total. The summed E-state index contributed by atoms with van der Waals surface area (Å²) in [5.41, 5.74) is 2.25. The smallest absolute Gasteiger partial charge is 0.275 e. The fourth-order valence-corrected chi connectivity index (χ4v) is 4.00. The van der Waals surface area contributed by atoms with Crippen LogP contribution in [0, 0.1) is 0 Å². The average molecular weight is 391 g/mol. The van der Waals surface area contributed by atoms with Crippen molar-refractivity contribution in [3.8, 4) is 5.75 Å². The largest absolute Gasteiger partial charge is 0.508 e. The summed E-state index contributed by atoms with van der Waals surface area (Å²) >= 11 is 0. The summed E-state index contributed by atoms with van der Waals surface area (Å²) in [4.78, 5) is 16.2. The van der Waals surface area contributed by atoms with E-state index in [4.69, 9.17) is 0 Å². The lowest BCUT2D eigenvalue weighted by Crippen LogP contribution is -3.15. The van der Waals surface area contributed by atoms with Gasteiger partial charge >= 0.3 is 0 Å². The van der Waals surface area contributed by atoms with Crippen LogP contribution < -0.4 is 15.1 Å². The predicted molar refractivity (Wildman–Crippen MR) is 116 cm³/mol. The number of hydrogen-bond acceptors (Lipinski definition) is 3. The first-order valence-electron chi connectivity index (χ1n) is 10.2. The molecule has 150 valence electrons. The Labute approximate surface area is 171 Å². The molecule has 0 bridgehead atoms. The van der Waals surface area contributed by atoms with Crippen LogP contribution in [0.25, 0.3) is 10.8 Å². The van der Waals surface area contributed by atoms with Crippen LogP contribution in [-0.2, 0) is 4.79 Å². The normalized spacial score (nSPS) is 16.0. The zero-order chi connectivity index (χ0) is 20.2. The maximum absolute atomic E-state index is 12.6. The van der Waals surface area contributed by atoms with Crippen molar-refractivity contribution in [3.05, 3.63) is 72.3 Å². The number of piperazine rings is 1. The highest BCUT2D eigenvalue weighted by atomic mass is 16.3. The summed E-state index contributed by atoms with van der Waals surface area (Å²) in [6.07, 6.45) is 0. The second-order valence-corrected chi connectivity index (χ2v) is 7.83. The lowest BCUT2D eigenvalue weighted by atomic mass is 10.0. The minimum absolute atomic E-state index is 0.00945. The van der Waals surface area contributed by atoms with Crippen molar-refractivity contribution in [2.45, 2.75) is 13.0 Å². The van der Waals surface area contributed by atoms with Crippen LogP contribution >= 0.6 is 0 Å². The lowest BCUT2D eigenvalue weighted by molar-refractivity contribution is -0.892. The number of phenols is 1. The van der Waals surface area contributed by atoms with Gasteiger partial charge in [-0.1, -0.05) is 36.4 Å². The molecule has 3 aromatic carbocycles. The highest BCUT2D eigenvalue weighted by molar-refractivity contribution is 5.83. The Morgan fingerprint density at radius 1 is 1.03 bits per heavy atom. The number of carbonyl (C=O) groups is 1. The SMILES string of the molecule is C[C@H](NC(=O)C[NH+]1CCN(c2ccc(O)cc2)CC1)c1ccc2ccccc2c1. The standard InChI is InChI=1S/C24H27N3O2/c1-18(20-7-6-19-4-2-3-5-21(19)16-20)25-24(29)17-26-12-14-27(15-13-26)22-8-10-23(28)11-9-22/h2-11,16,18,28H,12-15,17H2,1H3,(H,25,29)/p+1/t18-/m0/s1. The van der Waals surface area contributed by atoms with Crippen molar-refractivity contribution in [1.82, 2.24) is 5.32 Å². The maximum atomic E-state index is 12.6. The third-order valence-corrected chi connectivity index (χ3v) is 5.75. The van der Waals surface area contributed by atoms with Crippen LogP contribution in [0.5, 0.6) is 5.75 Å². The number of fused-ring (bicyclic) bond motifs is 1. The van der Waals surface area contributed by atoms with Gasteiger partial charge in [0.05, 0.1) is 32.2 Å². The summed E-state index contributed by atoms with van der Waals surface area (Å²) in [6, 6.07) is 22.0. The Morgan fingerprint density at radius 2 is 1.72 bits per heavy atom. The van der Waals surface area contributed by atoms with Gasteiger partial charge in [-0.05, 0) is 53.6 Å². The summed E-state index contributed by atoms with van der Waals surface area (Å²) in [5, 5.41) is 15.0. The Kier molecular flexibility index (Phi) is 5.67. The van der Waals surface area contributed by atoms with Gasteiger partial charge in [0, 0.05) is 5.69 Å². The van der Waals surface area contributed by atoms with Gasteiger partial charge in [0.1, 0.15) is 5.75 Å². The number of nitrogens with one attached hydrogen (secondary N) is 2. The summed E-state index contributed by atoms with van der Waals surface area (Å²) < 4.78 is 0. The van der Waals surface area contributed by atoms with Gasteiger partial charge in [0.2, 0.25) is 0 Å². The summed E-state index contributed by atoms with van der Waals surface area (Å²) in [5.74, 6) is 0.383. The number of hydrogen-bond donors (Lipinski definition) is 3. The van der Waals surface area contributed by atoms with Crippen molar-refractivity contribution >= 4 is 22.4 Å². The molecule has 1 aliphatic rings. The molecule has 1 atom stereocenters. The van der Waals surface area contributed by atoms with Crippen LogP contribution in [-0.4, -0.2) is 43.7 Å². The molecular formula is C24H28N3O2+. The van der Waals surface area contributed by atoms with Crippen molar-refractivity contribution in [2.75, 3.05) is 37.6 Å². The Bertz CT molecular complexity index is 979. The van der Waals surface area contributed by atoms with E-state index in [0.717, 1.165) is 37.4 Å². The van der Waals surface area contributed by atoms with Crippen LogP contribution in [0.2, 0.25) is 0 Å². The van der Waals surface area contributed by atoms with Gasteiger partial charge in [0.15, 0.2) is 6.54 Å². The first-order valence-corrected chi connectivity index (χ1v) is 10.2. The quantitative estimate of drug-likeness (QED) is 0.626. The van der Waals surface area contributed by atoms with E-state index in [9.17, 15) is 9.90 Å². The number of quaternary nitrogens is 1. The number of rotatable bonds is 5. The predicted octanol–water partition coefficient (Wildman–Crippen LogP) is 2.13. The Morgan fingerprint density at radius 3 is 2.45 bits per heavy atom. The van der Waals surface area contributed by atoms with E-state index >= 15 is 0 Å². The van der Waals surface area contributed by atoms with Gasteiger partial charge in [-0.3, -0.25) is 4.79 Å². The molecule has 3 aromatic rings. The van der Waals surface area contributed by atoms with E-state index in [0.29, 0.717) is 6.54 Å². The van der Waals surface area contributed by atoms with E-state index in [1.54, 1.807) is 12.1 Å². The number of amides is 1. The Balaban J connectivity index is 1.28. The van der Waals surface area contributed by atoms with E-state index in [2.05, 4.69) is 40.5 Å². The molecular weight excluding hydrogens is 362 g/mol. The van der Waals surface area contributed by atoms with E-state index in [1.807, 2.05) is 31.2 Å². The van der Waals surface area contributed by atoms with Crippen molar-refractivity contribution < 1.29 is 14.8 Å². The van der Waals surface area contributed by atoms with E-state index in [-0.39, 0.29) is 17.7 Å². The minimum Gasteiger partial charge on any atom is -0.508 e. The number of anilines is 1. The second-order valence-electron chi connectivity index (χ2n) is 7.83. The molecule has 5 heteroatoms. The molecule has 4 rings (SSSR count). The average Bonchev–Trinajstić information content (AvgIpc) is 2.74. The zero-order valence-electron chi connectivity index (χ0n) is 16.8. The van der Waals surface area contributed by atoms with Crippen molar-refractivity contribution in [2.24, 2.45) is 0 Å². The molecule has 0 spiro atoms. The minimum atomic E-state index is -0.00945. The van der Waals surface area contributed by atoms with Gasteiger partial charge in [-0.25, -0.2) is 0 Å². The molecule has 0 unspecified atom stereocenters. The monoisotopic (exact) mass is 390 g/mol. The number of phenolic OH excluding ortho intramolecular Hbond substituents is 1. The van der Waals surface area contributed by atoms with Gasteiger partial charge in [-0.2, -0.15) is 0 Å². The molecule has 0 aliphatic carbocycles. The molecule has 1 amide bonds. The van der Waals surface area contributed by atoms with E-state index in [1.165, 1.54) is 15.7 Å². The van der Waals surface area contributed by atoms with Crippen LogP contribution in [0.4, 0.5) is 5.69 Å². The fraction of sp³-hybridized carbons (Fsp3) is 0.292. The molecule has 1 saturated heterocycles. The molecule has 0 radical (unpaired) electrons. The molecule has 0 saturated carbocycles. The Hall–Kier alpha value is -3.05. The molecule has 1 aliphatic heterocycles. The first-order chi connectivity index (χ1) is 14.1. The van der Waals surface area contributed by atoms with Crippen molar-refractivity contribution in [1.29, 1.82) is 0 Å². The molecule has 1 heterocycles. The summed E-state index contributed by atoms with van der Waals surface area (Å²) in [7, 11) is 0. The number of carbonyl (C=O) groups excluding carboxylic acids is 1. The summed E-state index contributed by atoms with van der Waals surface area (Å²) in [6.45, 7) is 6.22. The van der Waals surface area contributed by atoms with E-state index < -0.39 is 0 Å². The van der Waals surface area contributed by atoms with Crippen LogP contribution in [0.3, 0.4) is 0 Å². The number of aromatic hydroxyl groups is 1. The third-order valence-electron chi connectivity index (χ3n) is 5.75. The zero-order valence-corrected chi connectivity index (χ0v) is 16.8. The number of benzene rings is 3. The van der Waals surface area contributed by atoms with Crippen LogP contribution in [0.15, 0.2) is 66.7 Å². The molecule has 3 N–H and O–H groups in total. The maximum Gasteiger partial charge on any atom is 0.275 e. The number of nitrogens with zero attached hydrogens (tertiary/aromatic N) is 1. The highest BCUT2D eigenvalue weighted by Crippen LogP contribution is 2.20. The van der Waals surface area contributed by atoms with Gasteiger partial charge < -0.3 is 20.2 Å². The molecule has 1 fully saturated rings. The fourth-order valence-electron chi connectivity index (χ4n) is 4.00. The topological polar surface area (TPSA) is 57.0 Å². The highest BCUT2D eigenvalue weighted by Gasteiger charge is 2.23. The molecule has 29 heavy (non-hydrogen) atoms. The van der Waals surface area contributed by atoms with Crippen molar-refractivity contribution in [3.63, 3.8) is 0 Å². The van der Waals surface area contributed by atoms with Crippen LogP contribution in [0.1, 0.15) is 18.5 Å².